The Morgan fingerprint density at radius 3 is 2.44 bits per heavy atom. The Labute approximate surface area is 168 Å². The van der Waals surface area contributed by atoms with Crippen molar-refractivity contribution in [3.05, 3.63) is 0 Å². The molecule has 0 aromatic rings. The lowest BCUT2D eigenvalue weighted by molar-refractivity contribution is -0.257. The normalized spacial score (nSPS) is 34.5. The van der Waals surface area contributed by atoms with Crippen molar-refractivity contribution in [2.75, 3.05) is 0 Å². The molecule has 4 atom stereocenters. The maximum absolute atomic E-state index is 12.0. The van der Waals surface area contributed by atoms with E-state index in [-0.39, 0.29) is 28.1 Å². The number of halogens is 3. The molecular weight excluding hydrogens is 411 g/mol. The highest BCUT2D eigenvalue weighted by Crippen LogP contribution is 2.31. The molecule has 2 N–H and O–H groups in total. The van der Waals surface area contributed by atoms with Gasteiger partial charge in [0.05, 0.1) is 11.5 Å². The van der Waals surface area contributed by atoms with Crippen LogP contribution < -0.4 is 11.0 Å². The van der Waals surface area contributed by atoms with E-state index >= 15 is 0 Å². The van der Waals surface area contributed by atoms with Crippen LogP contribution in [0.4, 0.5) is 0 Å². The van der Waals surface area contributed by atoms with Gasteiger partial charge in [-0.25, -0.2) is 0 Å². The molecule has 2 rings (SSSR count). The summed E-state index contributed by atoms with van der Waals surface area (Å²) >= 11 is 19.6. The molecule has 2 aliphatic rings. The number of hydrogen-bond donors (Lipinski definition) is 2. The Balaban J connectivity index is 1.54. The van der Waals surface area contributed by atoms with Crippen LogP contribution in [0, 0.1) is 0 Å². The van der Waals surface area contributed by atoms with Crippen LogP contribution >= 0.6 is 46.8 Å². The van der Waals surface area contributed by atoms with Gasteiger partial charge in [-0.2, -0.15) is 0 Å². The molecule has 2 fully saturated rings. The Morgan fingerprint density at radius 2 is 1.76 bits per heavy atom. The molecule has 146 valence electrons. The fraction of sp³-hybridized carbons (Fsp3) is 0.933. The Hall–Kier alpha value is 0.530. The molecule has 0 bridgehead atoms. The molecule has 0 aromatic carbocycles. The van der Waals surface area contributed by atoms with E-state index in [0.717, 1.165) is 38.5 Å². The minimum atomic E-state index is -0.666. The third-order valence-corrected chi connectivity index (χ3v) is 6.61. The van der Waals surface area contributed by atoms with Crippen LogP contribution in [-0.2, 0) is 18.9 Å². The number of nitrogens with one attached hydrogen (secondary N) is 2. The first kappa shape index (κ1) is 21.8. The summed E-state index contributed by atoms with van der Waals surface area (Å²) in [6.07, 6.45) is 5.36. The molecule has 4 unspecified atom stereocenters. The lowest BCUT2D eigenvalue weighted by Crippen LogP contribution is -2.46. The molecule has 0 aliphatic heterocycles. The number of alkyl halides is 3. The van der Waals surface area contributed by atoms with Crippen LogP contribution in [0.1, 0.15) is 51.9 Å². The largest absolute Gasteiger partial charge is 0.364 e. The van der Waals surface area contributed by atoms with Crippen LogP contribution in [0.15, 0.2) is 0 Å². The minimum Gasteiger partial charge on any atom is -0.364 e. The molecule has 2 saturated carbocycles. The maximum atomic E-state index is 12.0. The van der Waals surface area contributed by atoms with Crippen LogP contribution in [0.25, 0.3) is 0 Å². The van der Waals surface area contributed by atoms with Gasteiger partial charge in [-0.15, -0.1) is 44.1 Å². The SMILES string of the molecule is CC(OC1CCC(Cl)CC1Cl)C(=O)NNOOSC1CCC(Cl)CC1. The van der Waals surface area contributed by atoms with E-state index in [1.165, 1.54) is 12.0 Å². The van der Waals surface area contributed by atoms with E-state index in [2.05, 4.69) is 11.0 Å². The number of hydrogen-bond acceptors (Lipinski definition) is 6. The fourth-order valence-electron chi connectivity index (χ4n) is 2.90. The highest BCUT2D eigenvalue weighted by Gasteiger charge is 2.31. The fourth-order valence-corrected chi connectivity index (χ4v) is 4.61. The van der Waals surface area contributed by atoms with Gasteiger partial charge in [0, 0.05) is 28.0 Å². The summed E-state index contributed by atoms with van der Waals surface area (Å²) in [6, 6.07) is 0. The van der Waals surface area contributed by atoms with Crippen LogP contribution in [0.3, 0.4) is 0 Å². The molecule has 1 amide bonds. The van der Waals surface area contributed by atoms with Gasteiger partial charge in [0.25, 0.3) is 5.91 Å². The topological polar surface area (TPSA) is 68.8 Å². The monoisotopic (exact) mass is 434 g/mol. The summed E-state index contributed by atoms with van der Waals surface area (Å²) < 4.78 is 10.7. The zero-order chi connectivity index (χ0) is 18.2. The van der Waals surface area contributed by atoms with Crippen molar-refractivity contribution in [2.24, 2.45) is 0 Å². The van der Waals surface area contributed by atoms with E-state index in [4.69, 9.17) is 48.9 Å². The van der Waals surface area contributed by atoms with Crippen molar-refractivity contribution < 1.29 is 18.9 Å². The van der Waals surface area contributed by atoms with E-state index < -0.39 is 6.10 Å². The van der Waals surface area contributed by atoms with Crippen molar-refractivity contribution >= 4 is 52.8 Å². The molecule has 0 heterocycles. The van der Waals surface area contributed by atoms with Gasteiger partial charge in [-0.3, -0.25) is 10.2 Å². The van der Waals surface area contributed by atoms with Gasteiger partial charge in [-0.1, -0.05) is 5.59 Å². The Kier molecular flexibility index (Phi) is 9.94. The molecule has 0 aromatic heterocycles. The molecule has 25 heavy (non-hydrogen) atoms. The number of ether oxygens (including phenoxy) is 1. The van der Waals surface area contributed by atoms with Crippen molar-refractivity contribution in [1.29, 1.82) is 0 Å². The van der Waals surface area contributed by atoms with Crippen molar-refractivity contribution in [1.82, 2.24) is 11.0 Å². The zero-order valence-electron chi connectivity index (χ0n) is 14.1. The summed E-state index contributed by atoms with van der Waals surface area (Å²) in [5.74, 6) is -0.367. The van der Waals surface area contributed by atoms with Gasteiger partial charge in [0.1, 0.15) is 6.10 Å². The smallest absolute Gasteiger partial charge is 0.264 e. The number of carbonyl (C=O) groups is 1. The summed E-state index contributed by atoms with van der Waals surface area (Å²) in [6.45, 7) is 1.66. The average Bonchev–Trinajstić information content (AvgIpc) is 2.58. The molecular formula is C15H25Cl3N2O4S. The molecule has 2 aliphatic carbocycles. The highest BCUT2D eigenvalue weighted by molar-refractivity contribution is 7.95. The average molecular weight is 436 g/mol. The van der Waals surface area contributed by atoms with Gasteiger partial charge in [0.15, 0.2) is 0 Å². The predicted molar refractivity (Wildman–Crippen MR) is 100 cm³/mol. The lowest BCUT2D eigenvalue weighted by atomic mass is 9.96. The summed E-state index contributed by atoms with van der Waals surface area (Å²) in [7, 11) is 0. The first-order valence-electron chi connectivity index (χ1n) is 8.57. The molecule has 6 nitrogen and oxygen atoms in total. The highest BCUT2D eigenvalue weighted by atomic mass is 35.5. The summed E-state index contributed by atoms with van der Waals surface area (Å²) in [5, 5.41) is 0.519. The van der Waals surface area contributed by atoms with Gasteiger partial charge in [0.2, 0.25) is 0 Å². The Bertz CT molecular complexity index is 416. The third-order valence-electron chi connectivity index (χ3n) is 4.43. The number of rotatable bonds is 8. The second kappa shape index (κ2) is 11.4. The quantitative estimate of drug-likeness (QED) is 0.198. The minimum absolute atomic E-state index is 0.0793. The van der Waals surface area contributed by atoms with Gasteiger partial charge in [-0.05, 0) is 51.9 Å². The van der Waals surface area contributed by atoms with Gasteiger partial charge < -0.3 is 4.74 Å². The first-order valence-corrected chi connectivity index (χ1v) is 10.7. The standard InChI is InChI=1S/C15H25Cl3N2O4S/c1-9(22-14-7-4-11(17)8-13(14)18)15(21)19-20-23-24-25-12-5-2-10(16)3-6-12/h9-14,20H,2-8H2,1H3,(H,19,21). The summed E-state index contributed by atoms with van der Waals surface area (Å²) in [5.41, 5.74) is 4.64. The Morgan fingerprint density at radius 1 is 1.08 bits per heavy atom. The number of amides is 1. The predicted octanol–water partition coefficient (Wildman–Crippen LogP) is 3.84. The second-order valence-electron chi connectivity index (χ2n) is 6.46. The zero-order valence-corrected chi connectivity index (χ0v) is 17.2. The number of carbonyl (C=O) groups excluding carboxylic acids is 1. The molecule has 0 spiro atoms. The molecule has 0 saturated heterocycles. The van der Waals surface area contributed by atoms with E-state index in [0.29, 0.717) is 11.7 Å². The van der Waals surface area contributed by atoms with E-state index in [1.807, 2.05) is 0 Å². The molecule has 0 radical (unpaired) electrons. The van der Waals surface area contributed by atoms with E-state index in [9.17, 15) is 4.79 Å². The number of hydrazine groups is 1. The van der Waals surface area contributed by atoms with Crippen molar-refractivity contribution in [3.63, 3.8) is 0 Å². The lowest BCUT2D eigenvalue weighted by Gasteiger charge is -2.31. The van der Waals surface area contributed by atoms with Crippen molar-refractivity contribution in [3.8, 4) is 0 Å². The summed E-state index contributed by atoms with van der Waals surface area (Å²) in [4.78, 5) is 16.7. The third kappa shape index (κ3) is 7.97. The van der Waals surface area contributed by atoms with Crippen molar-refractivity contribution in [2.45, 2.75) is 85.5 Å². The van der Waals surface area contributed by atoms with E-state index in [1.54, 1.807) is 6.92 Å². The van der Waals surface area contributed by atoms with Gasteiger partial charge >= 0.3 is 0 Å². The van der Waals surface area contributed by atoms with Crippen LogP contribution in [0.2, 0.25) is 0 Å². The van der Waals surface area contributed by atoms with Crippen LogP contribution in [-0.4, -0.2) is 39.5 Å². The van der Waals surface area contributed by atoms with Crippen LogP contribution in [0.5, 0.6) is 0 Å². The molecule has 10 heteroatoms. The maximum Gasteiger partial charge on any atom is 0.264 e. The first-order chi connectivity index (χ1) is 12.0. The second-order valence-corrected chi connectivity index (χ2v) is 9.25.